The maximum atomic E-state index is 11.5. The Morgan fingerprint density at radius 1 is 1.47 bits per heavy atom. The van der Waals surface area contributed by atoms with Crippen LogP contribution in [-0.4, -0.2) is 28.5 Å². The molecule has 0 saturated heterocycles. The van der Waals surface area contributed by atoms with Crippen molar-refractivity contribution < 1.29 is 4.79 Å². The largest absolute Gasteiger partial charge is 0.354 e. The Morgan fingerprint density at radius 3 is 3.11 bits per heavy atom. The van der Waals surface area contributed by atoms with E-state index in [1.807, 2.05) is 32.2 Å². The molecule has 5 nitrogen and oxygen atoms in total. The molecule has 2 rings (SSSR count). The van der Waals surface area contributed by atoms with Crippen LogP contribution in [0.15, 0.2) is 24.5 Å². The molecule has 0 unspecified atom stereocenters. The zero-order valence-corrected chi connectivity index (χ0v) is 11.4. The molecule has 2 aromatic heterocycles. The number of hydrogen-bond acceptors (Lipinski definition) is 3. The minimum atomic E-state index is 0.0862. The molecule has 2 aromatic rings. The van der Waals surface area contributed by atoms with Gasteiger partial charge in [-0.1, -0.05) is 0 Å². The second kappa shape index (κ2) is 6.33. The Bertz CT molecular complexity index is 547. The molecule has 0 radical (unpaired) electrons. The number of amides is 1. The fourth-order valence-electron chi connectivity index (χ4n) is 1.98. The van der Waals surface area contributed by atoms with Gasteiger partial charge in [-0.25, -0.2) is 4.98 Å². The summed E-state index contributed by atoms with van der Waals surface area (Å²) in [5.74, 6) is 0.0862. The summed E-state index contributed by atoms with van der Waals surface area (Å²) >= 11 is 0. The van der Waals surface area contributed by atoms with Gasteiger partial charge < -0.3 is 15.6 Å². The zero-order valence-electron chi connectivity index (χ0n) is 11.4. The topological polar surface area (TPSA) is 69.8 Å². The van der Waals surface area contributed by atoms with Gasteiger partial charge in [-0.2, -0.15) is 0 Å². The monoisotopic (exact) mass is 260 g/mol. The molecule has 2 heterocycles. The van der Waals surface area contributed by atoms with Crippen molar-refractivity contribution in [2.75, 3.05) is 6.54 Å². The smallest absolute Gasteiger partial charge is 0.221 e. The van der Waals surface area contributed by atoms with Gasteiger partial charge in [0.15, 0.2) is 0 Å². The molecule has 1 amide bonds. The maximum absolute atomic E-state index is 11.5. The molecule has 0 aliphatic heterocycles. The zero-order chi connectivity index (χ0) is 13.7. The summed E-state index contributed by atoms with van der Waals surface area (Å²) in [6.07, 6.45) is 4.23. The molecule has 3 N–H and O–H groups in total. The SMILES string of the molecule is CC(C)NC(=O)CCNCc1c[nH]c2ncccc12. The highest BCUT2D eigenvalue weighted by atomic mass is 16.1. The first-order chi connectivity index (χ1) is 9.16. The van der Waals surface area contributed by atoms with Crippen molar-refractivity contribution in [2.45, 2.75) is 32.9 Å². The van der Waals surface area contributed by atoms with Crippen molar-refractivity contribution in [3.8, 4) is 0 Å². The lowest BCUT2D eigenvalue weighted by Crippen LogP contribution is -2.32. The molecular formula is C14H20N4O. The van der Waals surface area contributed by atoms with Gasteiger partial charge in [0.25, 0.3) is 0 Å². The molecule has 5 heteroatoms. The number of hydrogen-bond donors (Lipinski definition) is 3. The lowest BCUT2D eigenvalue weighted by Gasteiger charge is -2.08. The molecule has 0 atom stereocenters. The number of aromatic nitrogens is 2. The van der Waals surface area contributed by atoms with E-state index in [2.05, 4.69) is 20.6 Å². The number of nitrogens with zero attached hydrogens (tertiary/aromatic N) is 1. The van der Waals surface area contributed by atoms with E-state index in [-0.39, 0.29) is 11.9 Å². The average molecular weight is 260 g/mol. The highest BCUT2D eigenvalue weighted by Crippen LogP contribution is 2.14. The number of rotatable bonds is 6. The predicted octanol–water partition coefficient (Wildman–Crippen LogP) is 1.57. The highest BCUT2D eigenvalue weighted by Gasteiger charge is 2.05. The quantitative estimate of drug-likeness (QED) is 0.690. The molecule has 0 spiro atoms. The normalized spacial score (nSPS) is 11.1. The Morgan fingerprint density at radius 2 is 2.32 bits per heavy atom. The van der Waals surface area contributed by atoms with Gasteiger partial charge in [0.2, 0.25) is 5.91 Å². The summed E-state index contributed by atoms with van der Waals surface area (Å²) in [7, 11) is 0. The Labute approximate surface area is 112 Å². The van der Waals surface area contributed by atoms with Crippen molar-refractivity contribution in [3.63, 3.8) is 0 Å². The predicted molar refractivity (Wildman–Crippen MR) is 75.7 cm³/mol. The number of fused-ring (bicyclic) bond motifs is 1. The molecular weight excluding hydrogens is 240 g/mol. The summed E-state index contributed by atoms with van der Waals surface area (Å²) in [6, 6.07) is 4.17. The minimum Gasteiger partial charge on any atom is -0.354 e. The summed E-state index contributed by atoms with van der Waals surface area (Å²) in [6.45, 7) is 5.33. The first-order valence-electron chi connectivity index (χ1n) is 6.58. The van der Waals surface area contributed by atoms with Gasteiger partial charge >= 0.3 is 0 Å². The van der Waals surface area contributed by atoms with E-state index >= 15 is 0 Å². The van der Waals surface area contributed by atoms with Crippen LogP contribution < -0.4 is 10.6 Å². The van der Waals surface area contributed by atoms with Crippen LogP contribution in [0.25, 0.3) is 11.0 Å². The van der Waals surface area contributed by atoms with Crippen LogP contribution in [0.3, 0.4) is 0 Å². The first kappa shape index (κ1) is 13.5. The number of pyridine rings is 1. The van der Waals surface area contributed by atoms with Gasteiger partial charge in [0.05, 0.1) is 0 Å². The van der Waals surface area contributed by atoms with Crippen LogP contribution in [0.2, 0.25) is 0 Å². The van der Waals surface area contributed by atoms with Crippen LogP contribution in [0.4, 0.5) is 0 Å². The van der Waals surface area contributed by atoms with Crippen LogP contribution in [0.1, 0.15) is 25.8 Å². The molecule has 0 aliphatic rings. The van der Waals surface area contributed by atoms with Crippen molar-refractivity contribution in [3.05, 3.63) is 30.1 Å². The highest BCUT2D eigenvalue weighted by molar-refractivity contribution is 5.79. The Hall–Kier alpha value is -1.88. The van der Waals surface area contributed by atoms with Crippen LogP contribution >= 0.6 is 0 Å². The van der Waals surface area contributed by atoms with E-state index in [0.29, 0.717) is 13.0 Å². The van der Waals surface area contributed by atoms with E-state index < -0.39 is 0 Å². The van der Waals surface area contributed by atoms with E-state index in [1.54, 1.807) is 6.20 Å². The van der Waals surface area contributed by atoms with Gasteiger partial charge in [0.1, 0.15) is 5.65 Å². The van der Waals surface area contributed by atoms with E-state index in [4.69, 9.17) is 0 Å². The van der Waals surface area contributed by atoms with E-state index in [1.165, 1.54) is 5.56 Å². The molecule has 0 aromatic carbocycles. The third kappa shape index (κ3) is 3.79. The first-order valence-corrected chi connectivity index (χ1v) is 6.58. The molecule has 0 bridgehead atoms. The summed E-state index contributed by atoms with van der Waals surface area (Å²) in [5.41, 5.74) is 2.07. The lowest BCUT2D eigenvalue weighted by atomic mass is 10.2. The van der Waals surface area contributed by atoms with Crippen LogP contribution in [0.5, 0.6) is 0 Å². The van der Waals surface area contributed by atoms with Crippen molar-refractivity contribution in [2.24, 2.45) is 0 Å². The van der Waals surface area contributed by atoms with Crippen molar-refractivity contribution in [1.29, 1.82) is 0 Å². The maximum Gasteiger partial charge on any atom is 0.221 e. The minimum absolute atomic E-state index is 0.0862. The van der Waals surface area contributed by atoms with Crippen molar-refractivity contribution >= 4 is 16.9 Å². The molecule has 0 aliphatic carbocycles. The van der Waals surface area contributed by atoms with Crippen LogP contribution in [0, 0.1) is 0 Å². The van der Waals surface area contributed by atoms with Gasteiger partial charge in [0, 0.05) is 43.3 Å². The molecule has 0 fully saturated rings. The van der Waals surface area contributed by atoms with Crippen LogP contribution in [-0.2, 0) is 11.3 Å². The third-order valence-corrected chi connectivity index (χ3v) is 2.83. The summed E-state index contributed by atoms with van der Waals surface area (Å²) in [5, 5.41) is 7.27. The number of nitrogens with one attached hydrogen (secondary N) is 3. The standard InChI is InChI=1S/C14H20N4O/c1-10(2)18-13(19)5-7-15-8-11-9-17-14-12(11)4-3-6-16-14/h3-4,6,9-10,15H,5,7-8H2,1-2H3,(H,16,17)(H,18,19). The average Bonchev–Trinajstić information content (AvgIpc) is 2.77. The lowest BCUT2D eigenvalue weighted by molar-refractivity contribution is -0.121. The van der Waals surface area contributed by atoms with E-state index in [9.17, 15) is 4.79 Å². The Kier molecular flexibility index (Phi) is 4.52. The fourth-order valence-corrected chi connectivity index (χ4v) is 1.98. The third-order valence-electron chi connectivity index (χ3n) is 2.83. The number of carbonyl (C=O) groups excluding carboxylic acids is 1. The summed E-state index contributed by atoms with van der Waals surface area (Å²) < 4.78 is 0. The molecule has 102 valence electrons. The summed E-state index contributed by atoms with van der Waals surface area (Å²) in [4.78, 5) is 18.8. The van der Waals surface area contributed by atoms with Gasteiger partial charge in [-0.3, -0.25) is 4.79 Å². The number of aromatic amines is 1. The van der Waals surface area contributed by atoms with Crippen molar-refractivity contribution in [1.82, 2.24) is 20.6 Å². The van der Waals surface area contributed by atoms with E-state index in [0.717, 1.165) is 17.6 Å². The fraction of sp³-hybridized carbons (Fsp3) is 0.429. The second-order valence-corrected chi connectivity index (χ2v) is 4.86. The second-order valence-electron chi connectivity index (χ2n) is 4.86. The van der Waals surface area contributed by atoms with Gasteiger partial charge in [-0.05, 0) is 31.5 Å². The Balaban J connectivity index is 1.78. The number of carbonyl (C=O) groups is 1. The van der Waals surface area contributed by atoms with Gasteiger partial charge in [-0.15, -0.1) is 0 Å². The number of H-pyrrole nitrogens is 1. The molecule has 19 heavy (non-hydrogen) atoms. The molecule has 0 saturated carbocycles.